The van der Waals surface area contributed by atoms with E-state index in [9.17, 15) is 9.90 Å². The van der Waals surface area contributed by atoms with Gasteiger partial charge in [-0.3, -0.25) is 9.78 Å². The van der Waals surface area contributed by atoms with E-state index in [-0.39, 0.29) is 11.6 Å². The monoisotopic (exact) mass is 366 g/mol. The highest BCUT2D eigenvalue weighted by Gasteiger charge is 2.26. The molecule has 0 aliphatic heterocycles. The fourth-order valence-electron chi connectivity index (χ4n) is 3.50. The quantitative estimate of drug-likeness (QED) is 0.636. The highest BCUT2D eigenvalue weighted by atomic mass is 16.3. The molecule has 0 spiro atoms. The molecular weight excluding hydrogens is 344 g/mol. The van der Waals surface area contributed by atoms with Gasteiger partial charge in [-0.05, 0) is 43.7 Å². The van der Waals surface area contributed by atoms with Crippen LogP contribution in [0.25, 0.3) is 10.8 Å². The van der Waals surface area contributed by atoms with Crippen LogP contribution in [0, 0.1) is 0 Å². The topological polar surface area (TPSA) is 105 Å². The van der Waals surface area contributed by atoms with Crippen LogP contribution in [0.2, 0.25) is 0 Å². The Morgan fingerprint density at radius 1 is 1.30 bits per heavy atom. The minimum Gasteiger partial charge on any atom is -0.391 e. The summed E-state index contributed by atoms with van der Waals surface area (Å²) in [5.41, 5.74) is -0.0939. The number of aliphatic hydroxyl groups excluding tert-OH is 1. The van der Waals surface area contributed by atoms with Crippen LogP contribution in [0.4, 0.5) is 17.5 Å². The van der Waals surface area contributed by atoms with Gasteiger partial charge >= 0.3 is 0 Å². The van der Waals surface area contributed by atoms with E-state index < -0.39 is 6.10 Å². The lowest BCUT2D eigenvalue weighted by Gasteiger charge is -2.19. The number of aliphatic hydroxyl groups is 1. The molecule has 3 heterocycles. The maximum absolute atomic E-state index is 12.9. The Morgan fingerprint density at radius 2 is 2.19 bits per heavy atom. The molecule has 0 radical (unpaired) electrons. The predicted molar refractivity (Wildman–Crippen MR) is 104 cm³/mol. The third kappa shape index (κ3) is 3.48. The molecule has 1 saturated carbocycles. The number of pyridine rings is 2. The van der Waals surface area contributed by atoms with Crippen molar-refractivity contribution in [2.24, 2.45) is 0 Å². The number of nitrogens with one attached hydrogen (secondary N) is 2. The first kappa shape index (κ1) is 17.4. The molecule has 8 heteroatoms. The van der Waals surface area contributed by atoms with Crippen LogP contribution in [0.3, 0.4) is 0 Å². The highest BCUT2D eigenvalue weighted by Crippen LogP contribution is 2.28. The third-order valence-corrected chi connectivity index (χ3v) is 4.92. The first-order valence-electron chi connectivity index (χ1n) is 9.17. The van der Waals surface area contributed by atoms with Crippen LogP contribution in [0.15, 0.2) is 41.7 Å². The average Bonchev–Trinajstić information content (AvgIpc) is 3.07. The molecule has 0 amide bonds. The number of hydrogen-bond donors (Lipinski definition) is 3. The number of aryl methyl sites for hydroxylation is 1. The van der Waals surface area contributed by atoms with Crippen LogP contribution in [-0.4, -0.2) is 36.8 Å². The first-order valence-corrected chi connectivity index (χ1v) is 9.17. The molecule has 3 N–H and O–H groups in total. The summed E-state index contributed by atoms with van der Waals surface area (Å²) in [5.74, 6) is 1.61. The van der Waals surface area contributed by atoms with Gasteiger partial charge in [-0.1, -0.05) is 0 Å². The number of anilines is 3. The minimum atomic E-state index is -0.435. The van der Waals surface area contributed by atoms with E-state index in [1.165, 1.54) is 0 Å². The highest BCUT2D eigenvalue weighted by molar-refractivity contribution is 5.93. The van der Waals surface area contributed by atoms with Gasteiger partial charge in [0.15, 0.2) is 0 Å². The molecule has 0 aromatic carbocycles. The fraction of sp³-hybridized carbons (Fsp3) is 0.368. The molecule has 1 fully saturated rings. The maximum Gasteiger partial charge on any atom is 0.262 e. The number of aromatic nitrogens is 4. The van der Waals surface area contributed by atoms with Crippen LogP contribution < -0.4 is 16.2 Å². The van der Waals surface area contributed by atoms with Crippen molar-refractivity contribution in [1.29, 1.82) is 0 Å². The second-order valence-electron chi connectivity index (χ2n) is 6.69. The lowest BCUT2D eigenvalue weighted by Crippen LogP contribution is -2.30. The van der Waals surface area contributed by atoms with Crippen molar-refractivity contribution in [3.05, 3.63) is 47.3 Å². The second-order valence-corrected chi connectivity index (χ2v) is 6.69. The van der Waals surface area contributed by atoms with Crippen LogP contribution in [0.1, 0.15) is 26.2 Å². The molecule has 2 atom stereocenters. The Morgan fingerprint density at radius 3 is 2.89 bits per heavy atom. The van der Waals surface area contributed by atoms with E-state index in [0.29, 0.717) is 29.4 Å². The smallest absolute Gasteiger partial charge is 0.262 e. The molecule has 1 aliphatic rings. The molecule has 3 aromatic rings. The van der Waals surface area contributed by atoms with E-state index in [2.05, 4.69) is 25.6 Å². The standard InChI is InChI=1S/C19H22N6O2/c1-2-25-9-6-12-10-15(23-16-11-20-7-8-21-16)24-18(17(12)19(25)27)22-13-4-3-5-14(13)26/h6-11,13-14,26H,2-5H2,1H3,(H2,21,22,23,24)/t13-,14+/m1/s1. The van der Waals surface area contributed by atoms with Crippen LogP contribution >= 0.6 is 0 Å². The molecule has 0 unspecified atom stereocenters. The number of rotatable bonds is 5. The summed E-state index contributed by atoms with van der Waals surface area (Å²) in [7, 11) is 0. The van der Waals surface area contributed by atoms with Crippen LogP contribution in [0.5, 0.6) is 0 Å². The summed E-state index contributed by atoms with van der Waals surface area (Å²) < 4.78 is 1.65. The maximum atomic E-state index is 12.9. The van der Waals surface area contributed by atoms with Crippen molar-refractivity contribution in [2.75, 3.05) is 10.6 Å². The number of fused-ring (bicyclic) bond motifs is 1. The van der Waals surface area contributed by atoms with E-state index >= 15 is 0 Å². The SMILES string of the molecule is CCn1ccc2cc(Nc3cnccn3)nc(N[C@@H]3CCC[C@@H]3O)c2c1=O. The van der Waals surface area contributed by atoms with Crippen molar-refractivity contribution in [3.63, 3.8) is 0 Å². The van der Waals surface area contributed by atoms with Crippen molar-refractivity contribution < 1.29 is 5.11 Å². The Labute approximate surface area is 156 Å². The Kier molecular flexibility index (Phi) is 4.72. The van der Waals surface area contributed by atoms with Gasteiger partial charge in [0.25, 0.3) is 5.56 Å². The van der Waals surface area contributed by atoms with Gasteiger partial charge in [0.2, 0.25) is 0 Å². The van der Waals surface area contributed by atoms with Crippen molar-refractivity contribution >= 4 is 28.2 Å². The molecule has 27 heavy (non-hydrogen) atoms. The zero-order chi connectivity index (χ0) is 18.8. The predicted octanol–water partition coefficient (Wildman–Crippen LogP) is 2.28. The molecule has 1 aliphatic carbocycles. The Hall–Kier alpha value is -3.00. The van der Waals surface area contributed by atoms with Crippen LogP contribution in [-0.2, 0) is 6.54 Å². The molecular formula is C19H22N6O2. The van der Waals surface area contributed by atoms with Gasteiger partial charge in [0.1, 0.15) is 17.5 Å². The Bertz CT molecular complexity index is 1000. The molecule has 4 rings (SSSR count). The first-order chi connectivity index (χ1) is 13.2. The van der Waals surface area contributed by atoms with Gasteiger partial charge < -0.3 is 20.3 Å². The summed E-state index contributed by atoms with van der Waals surface area (Å²) in [4.78, 5) is 25.7. The van der Waals surface area contributed by atoms with E-state index in [0.717, 1.165) is 24.6 Å². The lowest BCUT2D eigenvalue weighted by molar-refractivity contribution is 0.171. The summed E-state index contributed by atoms with van der Waals surface area (Å²) in [6.07, 6.45) is 8.70. The fourth-order valence-corrected chi connectivity index (χ4v) is 3.50. The van der Waals surface area contributed by atoms with E-state index in [4.69, 9.17) is 0 Å². The van der Waals surface area contributed by atoms with E-state index in [1.54, 1.807) is 29.4 Å². The summed E-state index contributed by atoms with van der Waals surface area (Å²) in [6.45, 7) is 2.51. The zero-order valence-electron chi connectivity index (χ0n) is 15.1. The molecule has 0 saturated heterocycles. The minimum absolute atomic E-state index is 0.0939. The summed E-state index contributed by atoms with van der Waals surface area (Å²) in [6, 6.07) is 3.61. The van der Waals surface area contributed by atoms with Crippen molar-refractivity contribution in [3.8, 4) is 0 Å². The van der Waals surface area contributed by atoms with Gasteiger partial charge in [-0.25, -0.2) is 9.97 Å². The lowest BCUT2D eigenvalue weighted by atomic mass is 10.1. The van der Waals surface area contributed by atoms with Crippen molar-refractivity contribution in [1.82, 2.24) is 19.5 Å². The molecule has 8 nitrogen and oxygen atoms in total. The van der Waals surface area contributed by atoms with Gasteiger partial charge in [0, 0.05) is 25.1 Å². The number of nitrogens with zero attached hydrogens (tertiary/aromatic N) is 4. The normalized spacial score (nSPS) is 19.3. The van der Waals surface area contributed by atoms with Gasteiger partial charge in [0.05, 0.1) is 23.7 Å². The average molecular weight is 366 g/mol. The third-order valence-electron chi connectivity index (χ3n) is 4.92. The second kappa shape index (κ2) is 7.32. The number of hydrogen-bond acceptors (Lipinski definition) is 7. The Balaban J connectivity index is 1.81. The molecule has 0 bridgehead atoms. The molecule has 140 valence electrons. The van der Waals surface area contributed by atoms with Gasteiger partial charge in [-0.2, -0.15) is 0 Å². The molecule has 3 aromatic heterocycles. The summed E-state index contributed by atoms with van der Waals surface area (Å²) in [5, 5.41) is 17.9. The largest absolute Gasteiger partial charge is 0.391 e. The van der Waals surface area contributed by atoms with Gasteiger partial charge in [-0.15, -0.1) is 0 Å². The zero-order valence-corrected chi connectivity index (χ0v) is 15.1. The summed E-state index contributed by atoms with van der Waals surface area (Å²) >= 11 is 0. The van der Waals surface area contributed by atoms with Crippen molar-refractivity contribution in [2.45, 2.75) is 44.9 Å². The van der Waals surface area contributed by atoms with E-state index in [1.807, 2.05) is 19.1 Å².